The van der Waals surface area contributed by atoms with Gasteiger partial charge >= 0.3 is 0 Å². The van der Waals surface area contributed by atoms with Gasteiger partial charge in [0, 0.05) is 55.6 Å². The number of furan rings is 1. The van der Waals surface area contributed by atoms with Gasteiger partial charge in [-0.2, -0.15) is 0 Å². The van der Waals surface area contributed by atoms with Crippen molar-refractivity contribution in [3.05, 3.63) is 156 Å². The average Bonchev–Trinajstić information content (AvgIpc) is 3.59. The van der Waals surface area contributed by atoms with E-state index in [1.807, 2.05) is 93.6 Å². The monoisotopic (exact) mass is 838 g/mol. The van der Waals surface area contributed by atoms with Gasteiger partial charge in [-0.25, -0.2) is 0 Å². The summed E-state index contributed by atoms with van der Waals surface area (Å²) in [7, 11) is 0. The fraction of sp³-hybridized carbons (Fsp3) is 0.174. The molecule has 0 N–H and O–H groups in total. The zero-order valence-corrected chi connectivity index (χ0v) is 30.3. The van der Waals surface area contributed by atoms with Gasteiger partial charge in [-0.1, -0.05) is 135 Å². The minimum atomic E-state index is -2.30. The van der Waals surface area contributed by atoms with E-state index in [0.29, 0.717) is 44.8 Å². The SMILES string of the molecule is [2H]C([2H])([2H])c1c[c-]c(-c2ccc(C([2H])([2H])C(C)(C)C)cn2)cc1-c1ccccc1.[2H]Cc1cc(-c2[c-]ccc3c2oc2c4ccccc4ccc32)ncc1C([2H])([2H])[2H].[Ir]. The van der Waals surface area contributed by atoms with Crippen LogP contribution in [0, 0.1) is 38.2 Å². The average molecular weight is 838 g/mol. The molecule has 0 bridgehead atoms. The molecule has 4 heteroatoms. The van der Waals surface area contributed by atoms with Crippen LogP contribution in [0.4, 0.5) is 0 Å². The second-order valence-corrected chi connectivity index (χ2v) is 12.9. The molecule has 5 aromatic carbocycles. The molecule has 0 fully saturated rings. The number of nitrogens with zero attached hydrogens (tertiary/aromatic N) is 2. The summed E-state index contributed by atoms with van der Waals surface area (Å²) in [5.41, 5.74) is 6.12. The molecule has 0 spiro atoms. The molecular weight excluding hydrogens is 789 g/mol. The quantitative estimate of drug-likeness (QED) is 0.166. The van der Waals surface area contributed by atoms with Crippen molar-refractivity contribution in [2.24, 2.45) is 5.41 Å². The first-order valence-electron chi connectivity index (χ1n) is 20.7. The van der Waals surface area contributed by atoms with Gasteiger partial charge in [0.15, 0.2) is 0 Å². The number of pyridine rings is 2. The van der Waals surface area contributed by atoms with Crippen LogP contribution in [0.1, 0.15) is 55.4 Å². The predicted molar refractivity (Wildman–Crippen MR) is 205 cm³/mol. The molecule has 0 aliphatic carbocycles. The van der Waals surface area contributed by atoms with Crippen LogP contribution in [0.5, 0.6) is 0 Å². The number of hydrogen-bond acceptors (Lipinski definition) is 3. The molecule has 0 atom stereocenters. The summed E-state index contributed by atoms with van der Waals surface area (Å²) in [4.78, 5) is 8.82. The zero-order valence-electron chi connectivity index (χ0n) is 36.9. The minimum absolute atomic E-state index is 0. The van der Waals surface area contributed by atoms with E-state index >= 15 is 0 Å². The topological polar surface area (TPSA) is 38.9 Å². The molecule has 3 heterocycles. The number of fused-ring (bicyclic) bond motifs is 5. The number of aromatic nitrogens is 2. The Kier molecular flexibility index (Phi) is 7.30. The van der Waals surface area contributed by atoms with E-state index in [9.17, 15) is 0 Å². The Labute approximate surface area is 321 Å². The predicted octanol–water partition coefficient (Wildman–Crippen LogP) is 12.3. The van der Waals surface area contributed by atoms with Gasteiger partial charge in [0.05, 0.1) is 5.58 Å². The summed E-state index contributed by atoms with van der Waals surface area (Å²) in [6.45, 7) is 0.886. The fourth-order valence-electron chi connectivity index (χ4n) is 5.85. The summed E-state index contributed by atoms with van der Waals surface area (Å²) in [5, 5.41) is 4.09. The molecule has 0 aliphatic heterocycles. The Morgan fingerprint density at radius 2 is 1.50 bits per heavy atom. The van der Waals surface area contributed by atoms with Crippen LogP contribution in [0.25, 0.3) is 66.4 Å². The first kappa shape index (κ1) is 25.1. The standard InChI is InChI=1S/C23H16NO.C23H24N.Ir/c1-14-12-21(24-13-15(14)2)20-9-5-8-18-19-11-10-16-6-3-4-7-17(16)22(19)25-23(18)20;1-17-10-12-20(14-21(17)19-8-6-5-7-9-19)22-13-11-18(16-24-22)15-23(2,3)4;/h3-8,10-13H,1-2H3;5-11,13-14,16H,15H2,1-4H3;/q2*-1;/i1D,2D3;1D3,15D2;. The minimum Gasteiger partial charge on any atom is -0.500 e. The summed E-state index contributed by atoms with van der Waals surface area (Å²) in [6, 6.07) is 40.0. The Balaban J connectivity index is 0.000000195. The van der Waals surface area contributed by atoms with Crippen LogP contribution in [0.15, 0.2) is 126 Å². The first-order valence-corrected chi connectivity index (χ1v) is 16.0. The normalized spacial score (nSPS) is 14.7. The van der Waals surface area contributed by atoms with Gasteiger partial charge < -0.3 is 14.4 Å². The van der Waals surface area contributed by atoms with Crippen molar-refractivity contribution < 1.29 is 36.9 Å². The number of aryl methyl sites for hydroxylation is 3. The van der Waals surface area contributed by atoms with Crippen LogP contribution >= 0.6 is 0 Å². The molecule has 50 heavy (non-hydrogen) atoms. The second kappa shape index (κ2) is 14.5. The molecule has 8 rings (SSSR count). The summed E-state index contributed by atoms with van der Waals surface area (Å²) in [5.74, 6) is 0. The van der Waals surface area contributed by atoms with E-state index in [0.717, 1.165) is 32.7 Å². The van der Waals surface area contributed by atoms with Crippen molar-refractivity contribution in [1.29, 1.82) is 0 Å². The molecule has 0 aliphatic rings. The van der Waals surface area contributed by atoms with Crippen LogP contribution < -0.4 is 0 Å². The van der Waals surface area contributed by atoms with Crippen molar-refractivity contribution in [2.45, 2.75) is 47.7 Å². The van der Waals surface area contributed by atoms with E-state index in [1.54, 1.807) is 30.5 Å². The van der Waals surface area contributed by atoms with Gasteiger partial charge in [-0.3, -0.25) is 0 Å². The van der Waals surface area contributed by atoms with E-state index in [2.05, 4.69) is 28.2 Å². The Morgan fingerprint density at radius 3 is 2.26 bits per heavy atom. The molecule has 0 saturated carbocycles. The molecule has 3 aromatic heterocycles. The van der Waals surface area contributed by atoms with Crippen molar-refractivity contribution in [2.75, 3.05) is 0 Å². The molecule has 1 radical (unpaired) electrons. The number of benzene rings is 5. The fourth-order valence-corrected chi connectivity index (χ4v) is 5.85. The number of rotatable bonds is 4. The summed E-state index contributed by atoms with van der Waals surface area (Å²) >= 11 is 0. The Morgan fingerprint density at radius 1 is 0.720 bits per heavy atom. The van der Waals surface area contributed by atoms with Gasteiger partial charge in [0.1, 0.15) is 5.58 Å². The molecule has 0 saturated heterocycles. The largest absolute Gasteiger partial charge is 0.500 e. The summed E-state index contributed by atoms with van der Waals surface area (Å²) in [6.07, 6.45) is 1.37. The third-order valence-corrected chi connectivity index (χ3v) is 8.16. The van der Waals surface area contributed by atoms with Crippen LogP contribution in [0.2, 0.25) is 0 Å². The van der Waals surface area contributed by atoms with Gasteiger partial charge in [-0.15, -0.1) is 47.5 Å². The third kappa shape index (κ3) is 7.33. The van der Waals surface area contributed by atoms with Crippen LogP contribution in [-0.4, -0.2) is 9.97 Å². The Bertz CT molecular complexity index is 2750. The zero-order chi connectivity index (χ0) is 41.6. The van der Waals surface area contributed by atoms with E-state index in [1.165, 1.54) is 12.3 Å². The smallest absolute Gasteiger partial charge is 0.128 e. The maximum Gasteiger partial charge on any atom is 0.128 e. The molecule has 251 valence electrons. The molecule has 8 aromatic rings. The third-order valence-electron chi connectivity index (χ3n) is 8.16. The van der Waals surface area contributed by atoms with Crippen LogP contribution in [-0.2, 0) is 26.5 Å². The maximum atomic E-state index is 8.39. The molecule has 0 unspecified atom stereocenters. The number of hydrogen-bond donors (Lipinski definition) is 0. The van der Waals surface area contributed by atoms with Gasteiger partial charge in [-0.05, 0) is 59.0 Å². The molecular formula is C46H40IrN2O-2. The van der Waals surface area contributed by atoms with Crippen LogP contribution in [0.3, 0.4) is 0 Å². The van der Waals surface area contributed by atoms with E-state index in [4.69, 9.17) is 16.8 Å². The second-order valence-electron chi connectivity index (χ2n) is 12.9. The van der Waals surface area contributed by atoms with Gasteiger partial charge in [0.2, 0.25) is 0 Å². The van der Waals surface area contributed by atoms with E-state index < -0.39 is 25.5 Å². The maximum absolute atomic E-state index is 8.39. The summed E-state index contributed by atoms with van der Waals surface area (Å²) < 4.78 is 77.4. The molecule has 0 amide bonds. The first-order chi connectivity index (χ1) is 27.4. The van der Waals surface area contributed by atoms with E-state index in [-0.39, 0.29) is 38.1 Å². The van der Waals surface area contributed by atoms with Gasteiger partial charge in [0.25, 0.3) is 0 Å². The Hall–Kier alpha value is -4.89. The molecule has 3 nitrogen and oxygen atoms in total. The van der Waals surface area contributed by atoms with Crippen molar-refractivity contribution in [3.63, 3.8) is 0 Å². The van der Waals surface area contributed by atoms with Crippen molar-refractivity contribution in [3.8, 4) is 33.6 Å². The van der Waals surface area contributed by atoms with Crippen molar-refractivity contribution in [1.82, 2.24) is 9.97 Å². The van der Waals surface area contributed by atoms with Crippen molar-refractivity contribution >= 4 is 32.7 Å².